The molecule has 31 heavy (non-hydrogen) atoms. The van der Waals surface area contributed by atoms with E-state index >= 15 is 0 Å². The van der Waals surface area contributed by atoms with E-state index in [9.17, 15) is 18.0 Å². The van der Waals surface area contributed by atoms with Crippen molar-refractivity contribution in [3.05, 3.63) is 70.5 Å². The maximum Gasteiger partial charge on any atom is 0.416 e. The molecule has 0 unspecified atom stereocenters. The van der Waals surface area contributed by atoms with Gasteiger partial charge in [-0.25, -0.2) is 0 Å². The second-order valence-corrected chi connectivity index (χ2v) is 6.89. The van der Waals surface area contributed by atoms with E-state index in [1.54, 1.807) is 42.8 Å². The molecular formula is C22H22F3N3O3. The van der Waals surface area contributed by atoms with E-state index in [-0.39, 0.29) is 12.1 Å². The summed E-state index contributed by atoms with van der Waals surface area (Å²) in [5, 5.41) is 7.21. The van der Waals surface area contributed by atoms with Crippen molar-refractivity contribution in [1.82, 2.24) is 9.78 Å². The summed E-state index contributed by atoms with van der Waals surface area (Å²) >= 11 is 0. The predicted octanol–water partition coefficient (Wildman–Crippen LogP) is 4.84. The highest BCUT2D eigenvalue weighted by Gasteiger charge is 2.30. The molecule has 0 saturated carbocycles. The predicted molar refractivity (Wildman–Crippen MR) is 110 cm³/mol. The summed E-state index contributed by atoms with van der Waals surface area (Å²) < 4.78 is 51.1. The average molecular weight is 433 g/mol. The van der Waals surface area contributed by atoms with Crippen LogP contribution in [0, 0.1) is 13.8 Å². The third-order valence-corrected chi connectivity index (χ3v) is 4.86. The van der Waals surface area contributed by atoms with Gasteiger partial charge in [0.2, 0.25) is 0 Å². The zero-order valence-corrected chi connectivity index (χ0v) is 17.5. The Morgan fingerprint density at radius 1 is 1.06 bits per heavy atom. The van der Waals surface area contributed by atoms with E-state index in [1.807, 2.05) is 0 Å². The second-order valence-electron chi connectivity index (χ2n) is 6.89. The highest BCUT2D eigenvalue weighted by atomic mass is 19.4. The lowest BCUT2D eigenvalue weighted by atomic mass is 10.1. The van der Waals surface area contributed by atoms with Crippen LogP contribution in [0.4, 0.5) is 18.9 Å². The molecule has 1 N–H and O–H groups in total. The van der Waals surface area contributed by atoms with Gasteiger partial charge < -0.3 is 14.8 Å². The van der Waals surface area contributed by atoms with Crippen molar-refractivity contribution in [2.75, 3.05) is 19.5 Å². The van der Waals surface area contributed by atoms with Crippen molar-refractivity contribution in [1.29, 1.82) is 0 Å². The molecule has 2 aromatic carbocycles. The molecule has 9 heteroatoms. The van der Waals surface area contributed by atoms with Gasteiger partial charge in [-0.2, -0.15) is 18.3 Å². The van der Waals surface area contributed by atoms with Gasteiger partial charge in [-0.3, -0.25) is 9.48 Å². The number of hydrogen-bond acceptors (Lipinski definition) is 4. The third kappa shape index (κ3) is 4.65. The number of carbonyl (C=O) groups is 1. The van der Waals surface area contributed by atoms with Crippen LogP contribution in [0.15, 0.2) is 42.5 Å². The number of benzene rings is 2. The van der Waals surface area contributed by atoms with Crippen molar-refractivity contribution in [2.45, 2.75) is 26.6 Å². The summed E-state index contributed by atoms with van der Waals surface area (Å²) in [6.07, 6.45) is -4.42. The van der Waals surface area contributed by atoms with Gasteiger partial charge >= 0.3 is 6.18 Å². The molecule has 0 atom stereocenters. The van der Waals surface area contributed by atoms with Crippen LogP contribution < -0.4 is 14.8 Å². The fraction of sp³-hybridized carbons (Fsp3) is 0.273. The zero-order valence-electron chi connectivity index (χ0n) is 17.5. The summed E-state index contributed by atoms with van der Waals surface area (Å²) in [6, 6.07) is 10.1. The second kappa shape index (κ2) is 8.71. The maximum absolute atomic E-state index is 13.0. The van der Waals surface area contributed by atoms with E-state index in [0.29, 0.717) is 34.1 Å². The molecule has 0 aliphatic carbocycles. The van der Waals surface area contributed by atoms with Gasteiger partial charge in [0.15, 0.2) is 0 Å². The highest BCUT2D eigenvalue weighted by molar-refractivity contribution is 6.08. The van der Waals surface area contributed by atoms with E-state index in [2.05, 4.69) is 10.4 Å². The molecule has 0 bridgehead atoms. The Bertz CT molecular complexity index is 1080. The Balaban J connectivity index is 1.89. The number of aryl methyl sites for hydroxylation is 1. The Hall–Kier alpha value is -3.49. The van der Waals surface area contributed by atoms with Gasteiger partial charge in [-0.05, 0) is 43.7 Å². The first-order valence-electron chi connectivity index (χ1n) is 9.38. The lowest BCUT2D eigenvalue weighted by Crippen LogP contribution is -2.16. The van der Waals surface area contributed by atoms with E-state index in [4.69, 9.17) is 9.47 Å². The Morgan fingerprint density at radius 3 is 2.26 bits per heavy atom. The van der Waals surface area contributed by atoms with Crippen LogP contribution in [0.5, 0.6) is 11.5 Å². The van der Waals surface area contributed by atoms with Gasteiger partial charge in [0.1, 0.15) is 17.1 Å². The van der Waals surface area contributed by atoms with Gasteiger partial charge in [-0.15, -0.1) is 0 Å². The number of anilines is 1. The lowest BCUT2D eigenvalue weighted by Gasteiger charge is -2.13. The van der Waals surface area contributed by atoms with Crippen LogP contribution in [0.3, 0.4) is 0 Å². The molecule has 0 aliphatic rings. The van der Waals surface area contributed by atoms with E-state index in [1.165, 1.54) is 20.3 Å². The number of rotatable bonds is 6. The number of methoxy groups -OCH3 is 2. The standard InChI is InChI=1S/C22H22F3N3O3/c1-13-20(26-21(29)19-17(30-3)9-6-10-18(19)31-4)14(2)28(27-13)12-15-7-5-8-16(11-15)22(23,24)25/h5-11H,12H2,1-4H3,(H,26,29). The fourth-order valence-electron chi connectivity index (χ4n) is 3.30. The molecule has 1 aromatic heterocycles. The van der Waals surface area contributed by atoms with Crippen molar-refractivity contribution >= 4 is 11.6 Å². The number of alkyl halides is 3. The summed E-state index contributed by atoms with van der Waals surface area (Å²) in [4.78, 5) is 13.0. The third-order valence-electron chi connectivity index (χ3n) is 4.86. The van der Waals surface area contributed by atoms with Crippen LogP contribution >= 0.6 is 0 Å². The summed E-state index contributed by atoms with van der Waals surface area (Å²) in [6.45, 7) is 3.58. The van der Waals surface area contributed by atoms with Crippen molar-refractivity contribution in [3.8, 4) is 11.5 Å². The minimum Gasteiger partial charge on any atom is -0.496 e. The normalized spacial score (nSPS) is 11.3. The Kier molecular flexibility index (Phi) is 6.24. The number of nitrogens with one attached hydrogen (secondary N) is 1. The van der Waals surface area contributed by atoms with Crippen molar-refractivity contribution < 1.29 is 27.4 Å². The topological polar surface area (TPSA) is 65.4 Å². The summed E-state index contributed by atoms with van der Waals surface area (Å²) in [5.41, 5.74) is 1.58. The summed E-state index contributed by atoms with van der Waals surface area (Å²) in [5.74, 6) is 0.256. The largest absolute Gasteiger partial charge is 0.496 e. The number of amides is 1. The molecular weight excluding hydrogens is 411 g/mol. The number of nitrogens with zero attached hydrogens (tertiary/aromatic N) is 2. The van der Waals surface area contributed by atoms with Crippen molar-refractivity contribution in [3.63, 3.8) is 0 Å². The number of ether oxygens (including phenoxy) is 2. The number of carbonyl (C=O) groups excluding carboxylic acids is 1. The van der Waals surface area contributed by atoms with Crippen molar-refractivity contribution in [2.24, 2.45) is 0 Å². The van der Waals surface area contributed by atoms with Gasteiger partial charge in [0.25, 0.3) is 5.91 Å². The molecule has 0 radical (unpaired) electrons. The van der Waals surface area contributed by atoms with Crippen LogP contribution in [0.2, 0.25) is 0 Å². The molecule has 1 heterocycles. The molecule has 0 spiro atoms. The molecule has 0 aliphatic heterocycles. The highest BCUT2D eigenvalue weighted by Crippen LogP contribution is 2.31. The Labute approximate surface area is 177 Å². The van der Waals surface area contributed by atoms with Gasteiger partial charge in [-0.1, -0.05) is 18.2 Å². The molecule has 0 fully saturated rings. The minimum atomic E-state index is -4.42. The first-order valence-corrected chi connectivity index (χ1v) is 9.38. The molecule has 3 aromatic rings. The zero-order chi connectivity index (χ0) is 22.8. The van der Waals surface area contributed by atoms with E-state index < -0.39 is 17.6 Å². The van der Waals surface area contributed by atoms with Crippen LogP contribution in [-0.4, -0.2) is 29.9 Å². The number of hydrogen-bond donors (Lipinski definition) is 1. The first-order chi connectivity index (χ1) is 14.7. The summed E-state index contributed by atoms with van der Waals surface area (Å²) in [7, 11) is 2.91. The molecule has 6 nitrogen and oxygen atoms in total. The van der Waals surface area contributed by atoms with E-state index in [0.717, 1.165) is 12.1 Å². The monoisotopic (exact) mass is 433 g/mol. The minimum absolute atomic E-state index is 0.129. The smallest absolute Gasteiger partial charge is 0.416 e. The maximum atomic E-state index is 13.0. The van der Waals surface area contributed by atoms with Crippen LogP contribution in [-0.2, 0) is 12.7 Å². The van der Waals surface area contributed by atoms with Gasteiger partial charge in [0, 0.05) is 0 Å². The first kappa shape index (κ1) is 22.2. The quantitative estimate of drug-likeness (QED) is 0.604. The number of aromatic nitrogens is 2. The van der Waals surface area contributed by atoms with Crippen LogP contribution in [0.1, 0.15) is 32.9 Å². The molecule has 0 saturated heterocycles. The SMILES string of the molecule is COc1cccc(OC)c1C(=O)Nc1c(C)nn(Cc2cccc(C(F)(F)F)c2)c1C. The molecule has 164 valence electrons. The Morgan fingerprint density at radius 2 is 1.68 bits per heavy atom. The molecule has 3 rings (SSSR count). The average Bonchev–Trinajstić information content (AvgIpc) is 2.99. The molecule has 1 amide bonds. The fourth-order valence-corrected chi connectivity index (χ4v) is 3.30. The lowest BCUT2D eigenvalue weighted by molar-refractivity contribution is -0.137. The van der Waals surface area contributed by atoms with Crippen LogP contribution in [0.25, 0.3) is 0 Å². The van der Waals surface area contributed by atoms with Gasteiger partial charge in [0.05, 0.1) is 43.4 Å². The number of halogens is 3.